The minimum absolute atomic E-state index is 0.156. The van der Waals surface area contributed by atoms with Crippen molar-refractivity contribution < 1.29 is 4.74 Å². The fourth-order valence-electron chi connectivity index (χ4n) is 3.41. The summed E-state index contributed by atoms with van der Waals surface area (Å²) < 4.78 is 5.69. The van der Waals surface area contributed by atoms with E-state index in [1.165, 1.54) is 51.6 Å². The number of rotatable bonds is 3. The Morgan fingerprint density at radius 1 is 1.27 bits per heavy atom. The Kier molecular flexibility index (Phi) is 3.65. The maximum absolute atomic E-state index is 6.06. The topological polar surface area (TPSA) is 38.5 Å². The molecule has 2 rings (SSSR count). The zero-order valence-electron chi connectivity index (χ0n) is 9.87. The van der Waals surface area contributed by atoms with Crippen LogP contribution in [0, 0.1) is 0 Å². The van der Waals surface area contributed by atoms with Crippen LogP contribution in [0.5, 0.6) is 0 Å². The molecule has 1 saturated heterocycles. The molecule has 1 aliphatic heterocycles. The van der Waals surface area contributed by atoms with Gasteiger partial charge in [0.15, 0.2) is 0 Å². The van der Waals surface area contributed by atoms with Gasteiger partial charge in [0.25, 0.3) is 0 Å². The molecule has 3 heteroatoms. The number of methoxy groups -OCH3 is 1. The zero-order valence-corrected chi connectivity index (χ0v) is 9.87. The molecule has 2 atom stereocenters. The standard InChI is InChI=1S/C12H24N2O/c1-15-11-6-2-3-7-12(11,10-13)14-8-4-5-9-14/h11H,2-10,13H2,1H3. The van der Waals surface area contributed by atoms with E-state index in [0.717, 1.165) is 6.54 Å². The van der Waals surface area contributed by atoms with Crippen molar-refractivity contribution in [1.82, 2.24) is 4.90 Å². The van der Waals surface area contributed by atoms with Crippen LogP contribution in [-0.2, 0) is 4.74 Å². The lowest BCUT2D eigenvalue weighted by Crippen LogP contribution is -2.62. The molecule has 0 bridgehead atoms. The molecule has 0 amide bonds. The Labute approximate surface area is 93.0 Å². The second-order valence-electron chi connectivity index (χ2n) is 4.97. The number of nitrogens with two attached hydrogens (primary N) is 1. The molecule has 0 radical (unpaired) electrons. The molecule has 3 nitrogen and oxygen atoms in total. The molecule has 2 N–H and O–H groups in total. The second kappa shape index (κ2) is 4.81. The second-order valence-corrected chi connectivity index (χ2v) is 4.97. The van der Waals surface area contributed by atoms with E-state index in [9.17, 15) is 0 Å². The molecular formula is C12H24N2O. The summed E-state index contributed by atoms with van der Waals surface area (Å²) >= 11 is 0. The quantitative estimate of drug-likeness (QED) is 0.768. The maximum atomic E-state index is 6.06. The van der Waals surface area contributed by atoms with Gasteiger partial charge in [0.2, 0.25) is 0 Å². The SMILES string of the molecule is COC1CCCCC1(CN)N1CCCC1. The highest BCUT2D eigenvalue weighted by Gasteiger charge is 2.45. The zero-order chi connectivity index (χ0) is 10.7. The highest BCUT2D eigenvalue weighted by Crippen LogP contribution is 2.36. The van der Waals surface area contributed by atoms with Gasteiger partial charge in [-0.1, -0.05) is 12.8 Å². The fourth-order valence-corrected chi connectivity index (χ4v) is 3.41. The lowest BCUT2D eigenvalue weighted by molar-refractivity contribution is -0.0668. The normalized spacial score (nSPS) is 38.4. The van der Waals surface area contributed by atoms with Crippen molar-refractivity contribution in [1.29, 1.82) is 0 Å². The first kappa shape index (κ1) is 11.4. The van der Waals surface area contributed by atoms with Crippen LogP contribution < -0.4 is 5.73 Å². The summed E-state index contributed by atoms with van der Waals surface area (Å²) in [7, 11) is 1.84. The third kappa shape index (κ3) is 1.93. The van der Waals surface area contributed by atoms with Crippen molar-refractivity contribution >= 4 is 0 Å². The Morgan fingerprint density at radius 3 is 2.60 bits per heavy atom. The minimum atomic E-state index is 0.156. The van der Waals surface area contributed by atoms with Gasteiger partial charge in [0.05, 0.1) is 11.6 Å². The minimum Gasteiger partial charge on any atom is -0.379 e. The van der Waals surface area contributed by atoms with Crippen LogP contribution in [0.4, 0.5) is 0 Å². The van der Waals surface area contributed by atoms with Gasteiger partial charge in [0, 0.05) is 13.7 Å². The first-order valence-corrected chi connectivity index (χ1v) is 6.31. The Balaban J connectivity index is 2.15. The van der Waals surface area contributed by atoms with Crippen molar-refractivity contribution in [3.63, 3.8) is 0 Å². The highest BCUT2D eigenvalue weighted by molar-refractivity contribution is 5.02. The lowest BCUT2D eigenvalue weighted by Gasteiger charge is -2.48. The average Bonchev–Trinajstić information content (AvgIpc) is 2.82. The molecule has 1 saturated carbocycles. The van der Waals surface area contributed by atoms with Gasteiger partial charge in [-0.05, 0) is 38.8 Å². The summed E-state index contributed by atoms with van der Waals surface area (Å²) in [5.41, 5.74) is 6.22. The molecule has 2 aliphatic rings. The number of nitrogens with zero attached hydrogens (tertiary/aromatic N) is 1. The number of hydrogen-bond donors (Lipinski definition) is 1. The van der Waals surface area contributed by atoms with Gasteiger partial charge in [-0.3, -0.25) is 4.90 Å². The molecule has 2 fully saturated rings. The van der Waals surface area contributed by atoms with Crippen molar-refractivity contribution in [3.8, 4) is 0 Å². The Morgan fingerprint density at radius 2 is 2.00 bits per heavy atom. The van der Waals surface area contributed by atoms with E-state index in [1.54, 1.807) is 0 Å². The molecule has 1 aliphatic carbocycles. The van der Waals surface area contributed by atoms with Gasteiger partial charge in [0.1, 0.15) is 0 Å². The van der Waals surface area contributed by atoms with E-state index in [1.807, 2.05) is 7.11 Å². The van der Waals surface area contributed by atoms with Crippen LogP contribution in [0.3, 0.4) is 0 Å². The third-order valence-corrected chi connectivity index (χ3v) is 4.30. The average molecular weight is 212 g/mol. The van der Waals surface area contributed by atoms with Gasteiger partial charge in [-0.2, -0.15) is 0 Å². The maximum Gasteiger partial charge on any atom is 0.0767 e. The molecular weight excluding hydrogens is 188 g/mol. The Bertz CT molecular complexity index is 200. The Hall–Kier alpha value is -0.120. The first-order valence-electron chi connectivity index (χ1n) is 6.31. The predicted molar refractivity (Wildman–Crippen MR) is 61.9 cm³/mol. The predicted octanol–water partition coefficient (Wildman–Crippen LogP) is 1.37. The van der Waals surface area contributed by atoms with E-state index in [2.05, 4.69) is 4.90 Å². The van der Waals surface area contributed by atoms with Crippen LogP contribution in [-0.4, -0.2) is 43.3 Å². The van der Waals surface area contributed by atoms with Crippen LogP contribution >= 0.6 is 0 Å². The molecule has 2 unspecified atom stereocenters. The summed E-state index contributed by atoms with van der Waals surface area (Å²) in [6.45, 7) is 3.19. The van der Waals surface area contributed by atoms with Gasteiger partial charge < -0.3 is 10.5 Å². The fraction of sp³-hybridized carbons (Fsp3) is 1.00. The summed E-state index contributed by atoms with van der Waals surface area (Å²) in [5.74, 6) is 0. The number of likely N-dealkylation sites (tertiary alicyclic amines) is 1. The van der Waals surface area contributed by atoms with E-state index in [0.29, 0.717) is 6.10 Å². The van der Waals surface area contributed by atoms with Gasteiger partial charge in [-0.25, -0.2) is 0 Å². The van der Waals surface area contributed by atoms with E-state index in [-0.39, 0.29) is 5.54 Å². The summed E-state index contributed by atoms with van der Waals surface area (Å²) in [6.07, 6.45) is 8.04. The number of ether oxygens (including phenoxy) is 1. The van der Waals surface area contributed by atoms with Crippen molar-refractivity contribution in [2.24, 2.45) is 5.73 Å². The summed E-state index contributed by atoms with van der Waals surface area (Å²) in [6, 6.07) is 0. The molecule has 0 aromatic heterocycles. The van der Waals surface area contributed by atoms with Crippen molar-refractivity contribution in [3.05, 3.63) is 0 Å². The molecule has 0 aromatic rings. The smallest absolute Gasteiger partial charge is 0.0767 e. The molecule has 0 aromatic carbocycles. The monoisotopic (exact) mass is 212 g/mol. The highest BCUT2D eigenvalue weighted by atomic mass is 16.5. The lowest BCUT2D eigenvalue weighted by atomic mass is 9.77. The van der Waals surface area contributed by atoms with Crippen LogP contribution in [0.15, 0.2) is 0 Å². The molecule has 88 valence electrons. The van der Waals surface area contributed by atoms with Gasteiger partial charge in [-0.15, -0.1) is 0 Å². The van der Waals surface area contributed by atoms with E-state index >= 15 is 0 Å². The summed E-state index contributed by atoms with van der Waals surface area (Å²) in [5, 5.41) is 0. The van der Waals surface area contributed by atoms with Crippen LogP contribution in [0.1, 0.15) is 38.5 Å². The third-order valence-electron chi connectivity index (χ3n) is 4.30. The van der Waals surface area contributed by atoms with Crippen LogP contribution in [0.2, 0.25) is 0 Å². The molecule has 15 heavy (non-hydrogen) atoms. The van der Waals surface area contributed by atoms with E-state index < -0.39 is 0 Å². The number of hydrogen-bond acceptors (Lipinski definition) is 3. The van der Waals surface area contributed by atoms with Crippen molar-refractivity contribution in [2.45, 2.75) is 50.2 Å². The van der Waals surface area contributed by atoms with Crippen LogP contribution in [0.25, 0.3) is 0 Å². The van der Waals surface area contributed by atoms with Gasteiger partial charge >= 0.3 is 0 Å². The largest absolute Gasteiger partial charge is 0.379 e. The summed E-state index contributed by atoms with van der Waals surface area (Å²) in [4.78, 5) is 2.60. The first-order chi connectivity index (χ1) is 7.33. The van der Waals surface area contributed by atoms with E-state index in [4.69, 9.17) is 10.5 Å². The van der Waals surface area contributed by atoms with Crippen molar-refractivity contribution in [2.75, 3.05) is 26.7 Å². The molecule has 0 spiro atoms. The molecule has 1 heterocycles.